The summed E-state index contributed by atoms with van der Waals surface area (Å²) < 4.78 is 1.08. The lowest BCUT2D eigenvalue weighted by molar-refractivity contribution is 0.0933. The monoisotopic (exact) mass is 251 g/mol. The van der Waals surface area contributed by atoms with Crippen LogP contribution in [0.25, 0.3) is 10.9 Å². The van der Waals surface area contributed by atoms with Gasteiger partial charge in [0.25, 0.3) is 0 Å². The van der Waals surface area contributed by atoms with E-state index in [0.717, 1.165) is 4.57 Å². The third-order valence-corrected chi connectivity index (χ3v) is 2.81. The molecule has 0 aliphatic rings. The Labute approximate surface area is 102 Å². The molecule has 0 saturated heterocycles. The van der Waals surface area contributed by atoms with E-state index in [9.17, 15) is 14.7 Å². The van der Waals surface area contributed by atoms with Crippen LogP contribution in [0.5, 0.6) is 5.88 Å². The Bertz CT molecular complexity index is 643. The SMILES string of the molecule is CC(=O)c1c(O)n(C(C)=O)c2cc(Cl)ccc12. The fourth-order valence-electron chi connectivity index (χ4n) is 1.91. The van der Waals surface area contributed by atoms with Gasteiger partial charge in [-0.15, -0.1) is 0 Å². The fraction of sp³-hybridized carbons (Fsp3) is 0.167. The molecule has 5 heteroatoms. The fourth-order valence-corrected chi connectivity index (χ4v) is 2.08. The Hall–Kier alpha value is -1.81. The molecule has 0 radical (unpaired) electrons. The van der Waals surface area contributed by atoms with E-state index < -0.39 is 0 Å². The summed E-state index contributed by atoms with van der Waals surface area (Å²) in [6.07, 6.45) is 0. The van der Waals surface area contributed by atoms with Crippen molar-refractivity contribution in [2.75, 3.05) is 0 Å². The summed E-state index contributed by atoms with van der Waals surface area (Å²) in [4.78, 5) is 23.0. The summed E-state index contributed by atoms with van der Waals surface area (Å²) in [5, 5.41) is 10.9. The maximum atomic E-state index is 11.5. The first-order valence-electron chi connectivity index (χ1n) is 4.98. The molecular weight excluding hydrogens is 242 g/mol. The summed E-state index contributed by atoms with van der Waals surface area (Å²) in [5.74, 6) is -1.00. The lowest BCUT2D eigenvalue weighted by atomic mass is 10.1. The average Bonchev–Trinajstić information content (AvgIpc) is 2.48. The molecular formula is C12H10ClNO3. The zero-order valence-corrected chi connectivity index (χ0v) is 10.1. The van der Waals surface area contributed by atoms with Gasteiger partial charge in [-0.3, -0.25) is 9.59 Å². The molecule has 1 aromatic carbocycles. The maximum absolute atomic E-state index is 11.5. The molecule has 0 aliphatic heterocycles. The molecule has 88 valence electrons. The van der Waals surface area contributed by atoms with Crippen molar-refractivity contribution in [1.82, 2.24) is 4.57 Å². The van der Waals surface area contributed by atoms with Gasteiger partial charge in [0.1, 0.15) is 0 Å². The van der Waals surface area contributed by atoms with E-state index >= 15 is 0 Å². The number of Topliss-reactive ketones (excluding diaryl/α,β-unsaturated/α-hetero) is 1. The number of halogens is 1. The maximum Gasteiger partial charge on any atom is 0.230 e. The Morgan fingerprint density at radius 3 is 2.47 bits per heavy atom. The van der Waals surface area contributed by atoms with Crippen LogP contribution in [0, 0.1) is 0 Å². The van der Waals surface area contributed by atoms with E-state index in [-0.39, 0.29) is 23.1 Å². The van der Waals surface area contributed by atoms with E-state index in [1.807, 2.05) is 0 Å². The highest BCUT2D eigenvalue weighted by Gasteiger charge is 2.21. The summed E-state index contributed by atoms with van der Waals surface area (Å²) in [5.41, 5.74) is 0.583. The molecule has 1 aromatic heterocycles. The van der Waals surface area contributed by atoms with Gasteiger partial charge in [-0.25, -0.2) is 4.57 Å². The van der Waals surface area contributed by atoms with Crippen LogP contribution >= 0.6 is 11.6 Å². The van der Waals surface area contributed by atoms with Gasteiger partial charge in [0.2, 0.25) is 11.8 Å². The van der Waals surface area contributed by atoms with Crippen molar-refractivity contribution in [1.29, 1.82) is 0 Å². The van der Waals surface area contributed by atoms with Crippen molar-refractivity contribution in [3.8, 4) is 5.88 Å². The van der Waals surface area contributed by atoms with E-state index in [0.29, 0.717) is 15.9 Å². The zero-order chi connectivity index (χ0) is 12.7. The Kier molecular flexibility index (Phi) is 2.67. The van der Waals surface area contributed by atoms with Crippen LogP contribution < -0.4 is 0 Å². The van der Waals surface area contributed by atoms with Gasteiger partial charge in [0.05, 0.1) is 11.1 Å². The molecule has 2 aromatic rings. The third-order valence-electron chi connectivity index (χ3n) is 2.57. The van der Waals surface area contributed by atoms with Gasteiger partial charge in [-0.1, -0.05) is 17.7 Å². The van der Waals surface area contributed by atoms with E-state index in [2.05, 4.69) is 0 Å². The van der Waals surface area contributed by atoms with E-state index in [4.69, 9.17) is 11.6 Å². The Balaban J connectivity index is 2.98. The zero-order valence-electron chi connectivity index (χ0n) is 9.32. The first-order chi connectivity index (χ1) is 7.93. The highest BCUT2D eigenvalue weighted by Crippen LogP contribution is 2.33. The summed E-state index contributed by atoms with van der Waals surface area (Å²) in [6, 6.07) is 4.78. The molecule has 4 nitrogen and oxygen atoms in total. The number of hydrogen-bond donors (Lipinski definition) is 1. The van der Waals surface area contributed by atoms with Gasteiger partial charge in [-0.05, 0) is 19.1 Å². The Morgan fingerprint density at radius 2 is 1.94 bits per heavy atom. The number of hydrogen-bond acceptors (Lipinski definition) is 3. The predicted octanol–water partition coefficient (Wildman–Crippen LogP) is 2.86. The molecule has 0 bridgehead atoms. The molecule has 0 saturated carbocycles. The number of rotatable bonds is 1. The van der Waals surface area contributed by atoms with E-state index in [1.54, 1.807) is 18.2 Å². The van der Waals surface area contributed by atoms with Gasteiger partial charge in [-0.2, -0.15) is 0 Å². The van der Waals surface area contributed by atoms with Crippen LogP contribution in [0.3, 0.4) is 0 Å². The topological polar surface area (TPSA) is 59.3 Å². The average molecular weight is 252 g/mol. The standard InChI is InChI=1S/C12H10ClNO3/c1-6(15)11-9-4-3-8(13)5-10(9)14(7(2)16)12(11)17/h3-5,17H,1-2H3. The third kappa shape index (κ3) is 1.70. The molecule has 0 aliphatic carbocycles. The number of benzene rings is 1. The van der Waals surface area contributed by atoms with Crippen molar-refractivity contribution >= 4 is 34.2 Å². The molecule has 0 unspecified atom stereocenters. The minimum absolute atomic E-state index is 0.145. The van der Waals surface area contributed by atoms with Crippen molar-refractivity contribution in [2.45, 2.75) is 13.8 Å². The highest BCUT2D eigenvalue weighted by atomic mass is 35.5. The summed E-state index contributed by atoms with van der Waals surface area (Å²) in [6.45, 7) is 2.65. The van der Waals surface area contributed by atoms with Crippen molar-refractivity contribution in [3.63, 3.8) is 0 Å². The second-order valence-electron chi connectivity index (χ2n) is 3.77. The summed E-state index contributed by atoms with van der Waals surface area (Å²) >= 11 is 5.85. The Morgan fingerprint density at radius 1 is 1.29 bits per heavy atom. The quantitative estimate of drug-likeness (QED) is 0.793. The summed E-state index contributed by atoms with van der Waals surface area (Å²) in [7, 11) is 0. The molecule has 0 fully saturated rings. The first-order valence-corrected chi connectivity index (χ1v) is 5.36. The van der Waals surface area contributed by atoms with Gasteiger partial charge in [0.15, 0.2) is 5.78 Å². The number of carbonyl (C=O) groups excluding carboxylic acids is 2. The van der Waals surface area contributed by atoms with E-state index in [1.165, 1.54) is 13.8 Å². The number of aromatic nitrogens is 1. The van der Waals surface area contributed by atoms with Crippen molar-refractivity contribution in [2.24, 2.45) is 0 Å². The number of aromatic hydroxyl groups is 1. The molecule has 2 rings (SSSR count). The van der Waals surface area contributed by atoms with Crippen LogP contribution in [0.1, 0.15) is 29.0 Å². The van der Waals surface area contributed by atoms with Crippen LogP contribution in [0.2, 0.25) is 5.02 Å². The number of ketones is 1. The second kappa shape index (κ2) is 3.89. The number of carbonyl (C=O) groups is 2. The molecule has 0 spiro atoms. The molecule has 0 amide bonds. The van der Waals surface area contributed by atoms with Crippen molar-refractivity contribution < 1.29 is 14.7 Å². The van der Waals surface area contributed by atoms with Crippen LogP contribution in [-0.2, 0) is 0 Å². The molecule has 1 heterocycles. The van der Waals surface area contributed by atoms with Crippen molar-refractivity contribution in [3.05, 3.63) is 28.8 Å². The van der Waals surface area contributed by atoms with Crippen LogP contribution in [-0.4, -0.2) is 21.4 Å². The normalized spacial score (nSPS) is 10.8. The van der Waals surface area contributed by atoms with Gasteiger partial charge >= 0.3 is 0 Å². The molecule has 0 atom stereocenters. The minimum Gasteiger partial charge on any atom is -0.494 e. The van der Waals surface area contributed by atoms with Crippen LogP contribution in [0.4, 0.5) is 0 Å². The first kappa shape index (κ1) is 11.7. The van der Waals surface area contributed by atoms with Crippen LogP contribution in [0.15, 0.2) is 18.2 Å². The highest BCUT2D eigenvalue weighted by molar-refractivity contribution is 6.31. The predicted molar refractivity (Wildman–Crippen MR) is 64.9 cm³/mol. The number of nitrogens with zero attached hydrogens (tertiary/aromatic N) is 1. The molecule has 1 N–H and O–H groups in total. The van der Waals surface area contributed by atoms with Gasteiger partial charge < -0.3 is 5.11 Å². The lowest BCUT2D eigenvalue weighted by Crippen LogP contribution is -2.04. The van der Waals surface area contributed by atoms with Gasteiger partial charge in [0, 0.05) is 17.3 Å². The lowest BCUT2D eigenvalue weighted by Gasteiger charge is -2.00. The minimum atomic E-state index is -0.373. The largest absolute Gasteiger partial charge is 0.494 e. The second-order valence-corrected chi connectivity index (χ2v) is 4.21. The smallest absolute Gasteiger partial charge is 0.230 e. The number of fused-ring (bicyclic) bond motifs is 1. The molecule has 17 heavy (non-hydrogen) atoms.